The van der Waals surface area contributed by atoms with Gasteiger partial charge in [-0.15, -0.1) is 11.3 Å². The van der Waals surface area contributed by atoms with Crippen LogP contribution in [0.5, 0.6) is 0 Å². The van der Waals surface area contributed by atoms with Gasteiger partial charge in [0.1, 0.15) is 10.6 Å². The predicted molar refractivity (Wildman–Crippen MR) is 134 cm³/mol. The fourth-order valence-electron chi connectivity index (χ4n) is 4.47. The number of rotatable bonds is 5. The highest BCUT2D eigenvalue weighted by atomic mass is 32.2. The molecule has 5 aromatic rings. The van der Waals surface area contributed by atoms with Crippen molar-refractivity contribution in [3.63, 3.8) is 0 Å². The zero-order chi connectivity index (χ0) is 21.5. The molecule has 32 heavy (non-hydrogen) atoms. The SMILES string of the molecule is CSc1nc(NCc2ccccn2)c2sc3nc(-c4ccccc4)c4c(c3c2n1)CCC4. The second-order valence-electron chi connectivity index (χ2n) is 7.83. The Bertz CT molecular complexity index is 1430. The van der Waals surface area contributed by atoms with Gasteiger partial charge < -0.3 is 5.32 Å². The van der Waals surface area contributed by atoms with Crippen LogP contribution in [0.25, 0.3) is 31.7 Å². The molecule has 1 aliphatic carbocycles. The van der Waals surface area contributed by atoms with Crippen LogP contribution in [0.2, 0.25) is 0 Å². The second-order valence-corrected chi connectivity index (χ2v) is 9.60. The minimum atomic E-state index is 0.621. The Morgan fingerprint density at radius 3 is 2.62 bits per heavy atom. The fraction of sp³-hybridized carbons (Fsp3) is 0.200. The molecular weight excluding hydrogens is 434 g/mol. The van der Waals surface area contributed by atoms with Crippen molar-refractivity contribution in [2.24, 2.45) is 0 Å². The minimum Gasteiger partial charge on any atom is -0.363 e. The van der Waals surface area contributed by atoms with E-state index in [0.717, 1.165) is 50.3 Å². The molecule has 0 saturated carbocycles. The lowest BCUT2D eigenvalue weighted by Gasteiger charge is -2.10. The van der Waals surface area contributed by atoms with E-state index in [-0.39, 0.29) is 0 Å². The monoisotopic (exact) mass is 455 g/mol. The van der Waals surface area contributed by atoms with Crippen LogP contribution in [0.4, 0.5) is 5.82 Å². The smallest absolute Gasteiger partial charge is 0.189 e. The van der Waals surface area contributed by atoms with Crippen LogP contribution in [-0.2, 0) is 19.4 Å². The predicted octanol–water partition coefficient (Wildman–Crippen LogP) is 6.12. The van der Waals surface area contributed by atoms with Crippen LogP contribution in [0.1, 0.15) is 23.2 Å². The lowest BCUT2D eigenvalue weighted by Crippen LogP contribution is -2.04. The summed E-state index contributed by atoms with van der Waals surface area (Å²) in [6.45, 7) is 0.621. The van der Waals surface area contributed by atoms with E-state index in [2.05, 4.69) is 40.6 Å². The molecule has 158 valence electrons. The third kappa shape index (κ3) is 3.32. The maximum atomic E-state index is 5.17. The molecule has 1 aliphatic rings. The largest absolute Gasteiger partial charge is 0.363 e. The van der Waals surface area contributed by atoms with Crippen LogP contribution in [-0.4, -0.2) is 26.2 Å². The Labute approximate surface area is 194 Å². The molecule has 7 heteroatoms. The molecule has 4 heterocycles. The van der Waals surface area contributed by atoms with Gasteiger partial charge in [0.15, 0.2) is 5.16 Å². The second kappa shape index (κ2) is 8.15. The summed E-state index contributed by atoms with van der Waals surface area (Å²) in [4.78, 5) is 20.4. The van der Waals surface area contributed by atoms with Crippen molar-refractivity contribution < 1.29 is 0 Å². The van der Waals surface area contributed by atoms with Crippen molar-refractivity contribution in [3.8, 4) is 11.3 Å². The quantitative estimate of drug-likeness (QED) is 0.254. The molecular formula is C25H21N5S2. The third-order valence-corrected chi connectivity index (χ3v) is 7.53. The molecule has 0 spiro atoms. The molecule has 0 fully saturated rings. The summed E-state index contributed by atoms with van der Waals surface area (Å²) in [5.41, 5.74) is 7.12. The first kappa shape index (κ1) is 19.6. The number of hydrogen-bond acceptors (Lipinski definition) is 7. The number of benzene rings is 1. The molecule has 1 aromatic carbocycles. The molecule has 0 radical (unpaired) electrons. The Balaban J connectivity index is 1.55. The lowest BCUT2D eigenvalue weighted by molar-refractivity contribution is 0.913. The van der Waals surface area contributed by atoms with Gasteiger partial charge in [-0.05, 0) is 48.8 Å². The van der Waals surface area contributed by atoms with E-state index >= 15 is 0 Å². The minimum absolute atomic E-state index is 0.621. The standard InChI is InChI=1S/C25H21N5S2/c1-31-25-29-21-19-17-11-7-12-18(17)20(15-8-3-2-4-9-15)28-24(19)32-22(21)23(30-25)27-14-16-10-5-6-13-26-16/h2-6,8-10,13H,7,11-12,14H2,1H3,(H,27,29,30). The number of aromatic nitrogens is 4. The van der Waals surface area contributed by atoms with Crippen molar-refractivity contribution in [1.29, 1.82) is 0 Å². The Hall–Kier alpha value is -3.03. The summed E-state index contributed by atoms with van der Waals surface area (Å²) in [6.07, 6.45) is 7.16. The zero-order valence-corrected chi connectivity index (χ0v) is 19.3. The van der Waals surface area contributed by atoms with Crippen LogP contribution in [0, 0.1) is 0 Å². The van der Waals surface area contributed by atoms with Gasteiger partial charge in [0.05, 0.1) is 28.1 Å². The maximum Gasteiger partial charge on any atom is 0.189 e. The van der Waals surface area contributed by atoms with Crippen LogP contribution in [0.15, 0.2) is 59.9 Å². The highest BCUT2D eigenvalue weighted by Gasteiger charge is 2.25. The van der Waals surface area contributed by atoms with E-state index in [1.165, 1.54) is 28.5 Å². The molecule has 0 bridgehead atoms. The maximum absolute atomic E-state index is 5.17. The Morgan fingerprint density at radius 2 is 1.81 bits per heavy atom. The molecule has 0 amide bonds. The normalized spacial score (nSPS) is 13.0. The van der Waals surface area contributed by atoms with Crippen molar-refractivity contribution >= 4 is 49.3 Å². The first-order valence-corrected chi connectivity index (χ1v) is 12.7. The lowest BCUT2D eigenvalue weighted by atomic mass is 10.0. The molecule has 0 unspecified atom stereocenters. The number of thioether (sulfide) groups is 1. The van der Waals surface area contributed by atoms with Crippen LogP contribution < -0.4 is 5.32 Å². The zero-order valence-electron chi connectivity index (χ0n) is 17.6. The highest BCUT2D eigenvalue weighted by molar-refractivity contribution is 7.98. The molecule has 0 saturated heterocycles. The van der Waals surface area contributed by atoms with E-state index in [9.17, 15) is 0 Å². The summed E-state index contributed by atoms with van der Waals surface area (Å²) in [5.74, 6) is 0.862. The van der Waals surface area contributed by atoms with Gasteiger partial charge >= 0.3 is 0 Å². The van der Waals surface area contributed by atoms with Crippen molar-refractivity contribution in [3.05, 3.63) is 71.5 Å². The molecule has 5 nitrogen and oxygen atoms in total. The summed E-state index contributed by atoms with van der Waals surface area (Å²) >= 11 is 3.26. The van der Waals surface area contributed by atoms with Crippen molar-refractivity contribution in [1.82, 2.24) is 19.9 Å². The summed E-state index contributed by atoms with van der Waals surface area (Å²) in [6, 6.07) is 16.5. The average Bonchev–Trinajstić information content (AvgIpc) is 3.47. The van der Waals surface area contributed by atoms with Crippen molar-refractivity contribution in [2.75, 3.05) is 11.6 Å². The number of anilines is 1. The van der Waals surface area contributed by atoms with E-state index in [1.54, 1.807) is 23.1 Å². The van der Waals surface area contributed by atoms with E-state index in [4.69, 9.17) is 15.0 Å². The van der Waals surface area contributed by atoms with Crippen LogP contribution in [0.3, 0.4) is 0 Å². The van der Waals surface area contributed by atoms with Crippen molar-refractivity contribution in [2.45, 2.75) is 31.0 Å². The molecule has 0 aliphatic heterocycles. The number of aryl methyl sites for hydroxylation is 1. The van der Waals surface area contributed by atoms with Gasteiger partial charge in [0.2, 0.25) is 0 Å². The third-order valence-electron chi connectivity index (χ3n) is 5.91. The summed E-state index contributed by atoms with van der Waals surface area (Å²) in [7, 11) is 0. The van der Waals surface area contributed by atoms with Gasteiger partial charge in [0, 0.05) is 17.1 Å². The Morgan fingerprint density at radius 1 is 0.969 bits per heavy atom. The van der Waals surface area contributed by atoms with E-state index < -0.39 is 0 Å². The first-order chi connectivity index (χ1) is 15.8. The Kier molecular flexibility index (Phi) is 5.00. The molecule has 1 N–H and O–H groups in total. The number of nitrogens with one attached hydrogen (secondary N) is 1. The van der Waals surface area contributed by atoms with Gasteiger partial charge in [-0.1, -0.05) is 48.2 Å². The number of hydrogen-bond donors (Lipinski definition) is 1. The average molecular weight is 456 g/mol. The number of pyridine rings is 2. The fourth-order valence-corrected chi connectivity index (χ4v) is 5.94. The number of nitrogens with zero attached hydrogens (tertiary/aromatic N) is 4. The van der Waals surface area contributed by atoms with Gasteiger partial charge in [-0.2, -0.15) is 0 Å². The topological polar surface area (TPSA) is 63.6 Å². The van der Waals surface area contributed by atoms with E-state index in [0.29, 0.717) is 6.54 Å². The van der Waals surface area contributed by atoms with E-state index in [1.807, 2.05) is 30.7 Å². The van der Waals surface area contributed by atoms with Crippen LogP contribution >= 0.6 is 23.1 Å². The molecule has 0 atom stereocenters. The van der Waals surface area contributed by atoms with Gasteiger partial charge in [-0.3, -0.25) is 4.98 Å². The molecule has 6 rings (SSSR count). The highest BCUT2D eigenvalue weighted by Crippen LogP contribution is 2.44. The first-order valence-electron chi connectivity index (χ1n) is 10.7. The number of thiophene rings is 1. The summed E-state index contributed by atoms with van der Waals surface area (Å²) in [5, 5.41) is 5.51. The molecule has 4 aromatic heterocycles. The summed E-state index contributed by atoms with van der Waals surface area (Å²) < 4.78 is 1.07. The van der Waals surface area contributed by atoms with Gasteiger partial charge in [-0.25, -0.2) is 15.0 Å². The van der Waals surface area contributed by atoms with Gasteiger partial charge in [0.25, 0.3) is 0 Å². The number of fused-ring (bicyclic) bond motifs is 5.